The van der Waals surface area contributed by atoms with Crippen LogP contribution < -0.4 is 0 Å². The van der Waals surface area contributed by atoms with Gasteiger partial charge in [-0.15, -0.1) is 0 Å². The summed E-state index contributed by atoms with van der Waals surface area (Å²) in [6.07, 6.45) is 6.43. The van der Waals surface area contributed by atoms with E-state index < -0.39 is 0 Å². The van der Waals surface area contributed by atoms with E-state index in [4.69, 9.17) is 0 Å². The Hall–Kier alpha value is -0.890. The third-order valence-corrected chi connectivity index (χ3v) is 3.28. The van der Waals surface area contributed by atoms with Crippen molar-refractivity contribution in [1.82, 2.24) is 9.88 Å². The average molecular weight is 190 g/mol. The number of hydrogen-bond donors (Lipinski definition) is 0. The minimum Gasteiger partial charge on any atom is -0.299 e. The zero-order valence-electron chi connectivity index (χ0n) is 8.98. The zero-order chi connectivity index (χ0) is 9.97. The maximum absolute atomic E-state index is 4.19. The molecule has 1 saturated heterocycles. The summed E-state index contributed by atoms with van der Waals surface area (Å²) < 4.78 is 0. The molecule has 0 aliphatic carbocycles. The fourth-order valence-electron chi connectivity index (χ4n) is 2.36. The topological polar surface area (TPSA) is 16.1 Å². The van der Waals surface area contributed by atoms with E-state index in [1.165, 1.54) is 24.9 Å². The van der Waals surface area contributed by atoms with Crippen LogP contribution in [0.2, 0.25) is 0 Å². The quantitative estimate of drug-likeness (QED) is 0.712. The van der Waals surface area contributed by atoms with Crippen LogP contribution >= 0.6 is 0 Å². The monoisotopic (exact) mass is 190 g/mol. The standard InChI is InChI=1S/C12H18N2/c1-3-10-7-12(14(2)9-10)11-5-4-6-13-8-11/h4-6,8,10,12H,3,7,9H2,1-2H3/t10?,12-/m0/s1. The second kappa shape index (κ2) is 4.09. The maximum atomic E-state index is 4.19. The Morgan fingerprint density at radius 1 is 1.57 bits per heavy atom. The smallest absolute Gasteiger partial charge is 0.0363 e. The number of likely N-dealkylation sites (tertiary alicyclic amines) is 1. The van der Waals surface area contributed by atoms with Gasteiger partial charge >= 0.3 is 0 Å². The molecule has 1 aliphatic heterocycles. The van der Waals surface area contributed by atoms with Gasteiger partial charge in [-0.2, -0.15) is 0 Å². The second-order valence-electron chi connectivity index (χ2n) is 4.25. The normalized spacial score (nSPS) is 28.1. The van der Waals surface area contributed by atoms with Crippen molar-refractivity contribution >= 4 is 0 Å². The van der Waals surface area contributed by atoms with Crippen LogP contribution in [0, 0.1) is 5.92 Å². The molecule has 0 spiro atoms. The van der Waals surface area contributed by atoms with E-state index in [0.29, 0.717) is 6.04 Å². The van der Waals surface area contributed by atoms with Crippen LogP contribution in [0.1, 0.15) is 31.4 Å². The van der Waals surface area contributed by atoms with Crippen molar-refractivity contribution in [3.8, 4) is 0 Å². The van der Waals surface area contributed by atoms with Crippen molar-refractivity contribution in [2.75, 3.05) is 13.6 Å². The van der Waals surface area contributed by atoms with Gasteiger partial charge in [0.05, 0.1) is 0 Å². The third kappa shape index (κ3) is 1.80. The number of rotatable bonds is 2. The van der Waals surface area contributed by atoms with E-state index in [1.807, 2.05) is 18.5 Å². The van der Waals surface area contributed by atoms with Crippen LogP contribution in [0.15, 0.2) is 24.5 Å². The molecule has 0 N–H and O–H groups in total. The van der Waals surface area contributed by atoms with Crippen molar-refractivity contribution < 1.29 is 0 Å². The highest BCUT2D eigenvalue weighted by Gasteiger charge is 2.29. The molecule has 1 aromatic rings. The van der Waals surface area contributed by atoms with E-state index in [0.717, 1.165) is 5.92 Å². The van der Waals surface area contributed by atoms with Crippen molar-refractivity contribution in [2.45, 2.75) is 25.8 Å². The summed E-state index contributed by atoms with van der Waals surface area (Å²) in [4.78, 5) is 6.64. The van der Waals surface area contributed by atoms with Crippen molar-refractivity contribution in [3.63, 3.8) is 0 Å². The molecule has 76 valence electrons. The number of nitrogens with zero attached hydrogens (tertiary/aromatic N) is 2. The molecule has 2 nitrogen and oxygen atoms in total. The molecule has 0 bridgehead atoms. The van der Waals surface area contributed by atoms with Gasteiger partial charge in [0.25, 0.3) is 0 Å². The zero-order valence-corrected chi connectivity index (χ0v) is 8.98. The molecule has 2 atom stereocenters. The van der Waals surface area contributed by atoms with E-state index in [9.17, 15) is 0 Å². The highest BCUT2D eigenvalue weighted by molar-refractivity contribution is 5.15. The summed E-state index contributed by atoms with van der Waals surface area (Å²) in [6.45, 7) is 3.51. The first-order chi connectivity index (χ1) is 6.81. The van der Waals surface area contributed by atoms with Gasteiger partial charge in [0.2, 0.25) is 0 Å². The van der Waals surface area contributed by atoms with E-state index in [-0.39, 0.29) is 0 Å². The Kier molecular flexibility index (Phi) is 2.82. The molecule has 0 amide bonds. The molecule has 14 heavy (non-hydrogen) atoms. The van der Waals surface area contributed by atoms with Crippen LogP contribution in [0.3, 0.4) is 0 Å². The number of hydrogen-bond acceptors (Lipinski definition) is 2. The predicted molar refractivity (Wildman–Crippen MR) is 58.0 cm³/mol. The van der Waals surface area contributed by atoms with Crippen molar-refractivity contribution in [3.05, 3.63) is 30.1 Å². The molecule has 1 aromatic heterocycles. The summed E-state index contributed by atoms with van der Waals surface area (Å²) in [5, 5.41) is 0. The van der Waals surface area contributed by atoms with Crippen LogP contribution in [0.4, 0.5) is 0 Å². The fourth-order valence-corrected chi connectivity index (χ4v) is 2.36. The summed E-state index contributed by atoms with van der Waals surface area (Å²) in [5.41, 5.74) is 1.37. The molecule has 0 saturated carbocycles. The van der Waals surface area contributed by atoms with E-state index in [2.05, 4.69) is 29.9 Å². The van der Waals surface area contributed by atoms with Gasteiger partial charge in [-0.3, -0.25) is 9.88 Å². The minimum atomic E-state index is 0.591. The SMILES string of the molecule is CCC1C[C@@H](c2cccnc2)N(C)C1. The van der Waals surface area contributed by atoms with Gasteiger partial charge in [-0.1, -0.05) is 19.4 Å². The molecule has 2 heterocycles. The van der Waals surface area contributed by atoms with Gasteiger partial charge in [-0.25, -0.2) is 0 Å². The highest BCUT2D eigenvalue weighted by Crippen LogP contribution is 2.34. The molecular weight excluding hydrogens is 172 g/mol. The Morgan fingerprint density at radius 3 is 3.00 bits per heavy atom. The highest BCUT2D eigenvalue weighted by atomic mass is 15.2. The minimum absolute atomic E-state index is 0.591. The Bertz CT molecular complexity index is 284. The molecule has 1 aliphatic rings. The van der Waals surface area contributed by atoms with Crippen LogP contribution in [0.5, 0.6) is 0 Å². The number of pyridine rings is 1. The summed E-state index contributed by atoms with van der Waals surface area (Å²) >= 11 is 0. The molecule has 2 heteroatoms. The van der Waals surface area contributed by atoms with E-state index >= 15 is 0 Å². The molecular formula is C12H18N2. The van der Waals surface area contributed by atoms with Crippen LogP contribution in [0.25, 0.3) is 0 Å². The van der Waals surface area contributed by atoms with Crippen molar-refractivity contribution in [2.24, 2.45) is 5.92 Å². The molecule has 1 unspecified atom stereocenters. The lowest BCUT2D eigenvalue weighted by atomic mass is 9.99. The lowest BCUT2D eigenvalue weighted by molar-refractivity contribution is 0.312. The predicted octanol–water partition coefficient (Wildman–Crippen LogP) is 2.48. The first-order valence-corrected chi connectivity index (χ1v) is 5.41. The van der Waals surface area contributed by atoms with Gasteiger partial charge < -0.3 is 0 Å². The average Bonchev–Trinajstić information content (AvgIpc) is 2.61. The summed E-state index contributed by atoms with van der Waals surface area (Å²) in [6, 6.07) is 4.81. The third-order valence-electron chi connectivity index (χ3n) is 3.28. The summed E-state index contributed by atoms with van der Waals surface area (Å²) in [5.74, 6) is 0.866. The second-order valence-corrected chi connectivity index (χ2v) is 4.25. The van der Waals surface area contributed by atoms with Crippen LogP contribution in [-0.4, -0.2) is 23.5 Å². The van der Waals surface area contributed by atoms with Gasteiger partial charge in [-0.05, 0) is 31.0 Å². The van der Waals surface area contributed by atoms with Crippen molar-refractivity contribution in [1.29, 1.82) is 0 Å². The maximum Gasteiger partial charge on any atom is 0.0363 e. The van der Waals surface area contributed by atoms with Gasteiger partial charge in [0.1, 0.15) is 0 Å². The molecule has 1 fully saturated rings. The largest absolute Gasteiger partial charge is 0.299 e. The first-order valence-electron chi connectivity index (χ1n) is 5.41. The molecule has 2 rings (SSSR count). The summed E-state index contributed by atoms with van der Waals surface area (Å²) in [7, 11) is 2.22. The lowest BCUT2D eigenvalue weighted by Gasteiger charge is -2.18. The molecule has 0 radical (unpaired) electrons. The number of aromatic nitrogens is 1. The Balaban J connectivity index is 2.13. The van der Waals surface area contributed by atoms with Crippen LogP contribution in [-0.2, 0) is 0 Å². The van der Waals surface area contributed by atoms with Gasteiger partial charge in [0.15, 0.2) is 0 Å². The Morgan fingerprint density at radius 2 is 2.43 bits per heavy atom. The lowest BCUT2D eigenvalue weighted by Crippen LogP contribution is -2.18. The fraction of sp³-hybridized carbons (Fsp3) is 0.583. The van der Waals surface area contributed by atoms with Gasteiger partial charge in [0, 0.05) is 25.0 Å². The molecule has 0 aromatic carbocycles. The first kappa shape index (κ1) is 9.66. The van der Waals surface area contributed by atoms with E-state index in [1.54, 1.807) is 0 Å². The Labute approximate surface area is 86.0 Å².